The average molecular weight is 391 g/mol. The van der Waals surface area contributed by atoms with Crippen molar-refractivity contribution in [2.24, 2.45) is 5.92 Å². The van der Waals surface area contributed by atoms with Gasteiger partial charge in [-0.2, -0.15) is 0 Å². The molecule has 30 heavy (non-hydrogen) atoms. The Hall–Kier alpha value is -2.86. The maximum Gasteiger partial charge on any atom is 0.0172 e. The third-order valence-corrected chi connectivity index (χ3v) is 7.50. The van der Waals surface area contributed by atoms with Crippen LogP contribution in [0.25, 0.3) is 17.2 Å². The van der Waals surface area contributed by atoms with Gasteiger partial charge in [-0.25, -0.2) is 0 Å². The van der Waals surface area contributed by atoms with Crippen molar-refractivity contribution in [2.75, 3.05) is 0 Å². The minimum Gasteiger partial charge on any atom is -0.103 e. The van der Waals surface area contributed by atoms with Crippen molar-refractivity contribution in [3.63, 3.8) is 0 Å². The van der Waals surface area contributed by atoms with Crippen molar-refractivity contribution in [3.8, 4) is 11.1 Å². The van der Waals surface area contributed by atoms with E-state index in [1.165, 1.54) is 52.6 Å². The van der Waals surface area contributed by atoms with Crippen LogP contribution in [0.2, 0.25) is 0 Å². The Balaban J connectivity index is 1.54. The Morgan fingerprint density at radius 1 is 0.900 bits per heavy atom. The molecule has 0 bridgehead atoms. The van der Waals surface area contributed by atoms with Gasteiger partial charge in [0.25, 0.3) is 0 Å². The number of allylic oxidation sites excluding steroid dienone is 2. The fourth-order valence-corrected chi connectivity index (χ4v) is 6.07. The second kappa shape index (κ2) is 7.76. The molecule has 150 valence electrons. The largest absolute Gasteiger partial charge is 0.103 e. The summed E-state index contributed by atoms with van der Waals surface area (Å²) in [5.74, 6) is 1.07. The summed E-state index contributed by atoms with van der Waals surface area (Å²) in [6, 6.07) is 27.0. The van der Waals surface area contributed by atoms with Crippen LogP contribution in [-0.2, 0) is 5.41 Å². The van der Waals surface area contributed by atoms with E-state index in [1.807, 2.05) is 0 Å². The standard InChI is InChI=1S/C30H30/c1-3-11-23(4-2)30(20-18-22-12-5-10-17-29(22)30)21-19-28-26-15-8-6-13-24(26)25-14-7-9-16-27(25)28/h3,5-10,12-18,20,23,28H,1,4,11,19,21H2,2H3. The lowest BCUT2D eigenvalue weighted by molar-refractivity contribution is 0.297. The van der Waals surface area contributed by atoms with Crippen molar-refractivity contribution >= 4 is 6.08 Å². The molecule has 3 aromatic rings. The molecule has 2 aliphatic carbocycles. The van der Waals surface area contributed by atoms with Crippen LogP contribution in [0.5, 0.6) is 0 Å². The minimum atomic E-state index is 0.103. The first-order valence-corrected chi connectivity index (χ1v) is 11.4. The van der Waals surface area contributed by atoms with Crippen LogP contribution in [0.3, 0.4) is 0 Å². The monoisotopic (exact) mass is 390 g/mol. The van der Waals surface area contributed by atoms with Gasteiger partial charge in [-0.1, -0.05) is 104 Å². The van der Waals surface area contributed by atoms with E-state index >= 15 is 0 Å². The molecule has 2 atom stereocenters. The van der Waals surface area contributed by atoms with Crippen LogP contribution in [0.1, 0.15) is 60.8 Å². The molecule has 0 heteroatoms. The molecule has 0 spiro atoms. The van der Waals surface area contributed by atoms with E-state index in [0.717, 1.165) is 6.42 Å². The molecular formula is C30H30. The van der Waals surface area contributed by atoms with Crippen molar-refractivity contribution < 1.29 is 0 Å². The van der Waals surface area contributed by atoms with Gasteiger partial charge in [0.1, 0.15) is 0 Å². The summed E-state index contributed by atoms with van der Waals surface area (Å²) in [5.41, 5.74) is 8.86. The smallest absolute Gasteiger partial charge is 0.0172 e. The fourth-order valence-electron chi connectivity index (χ4n) is 6.07. The SMILES string of the molecule is C=CCC(CC)C1(CCC2c3ccccc3-c3ccccc32)C=Cc2ccccc21. The number of hydrogen-bond acceptors (Lipinski definition) is 0. The summed E-state index contributed by atoms with van der Waals surface area (Å²) >= 11 is 0. The summed E-state index contributed by atoms with van der Waals surface area (Å²) in [6.07, 6.45) is 11.6. The summed E-state index contributed by atoms with van der Waals surface area (Å²) in [6.45, 7) is 6.42. The molecular weight excluding hydrogens is 360 g/mol. The van der Waals surface area contributed by atoms with Crippen molar-refractivity contribution in [2.45, 2.75) is 43.9 Å². The van der Waals surface area contributed by atoms with E-state index in [0.29, 0.717) is 11.8 Å². The van der Waals surface area contributed by atoms with Gasteiger partial charge >= 0.3 is 0 Å². The van der Waals surface area contributed by atoms with Gasteiger partial charge in [0.05, 0.1) is 0 Å². The number of hydrogen-bond donors (Lipinski definition) is 0. The molecule has 0 saturated heterocycles. The molecule has 3 aromatic carbocycles. The van der Waals surface area contributed by atoms with Gasteiger partial charge in [-0.3, -0.25) is 0 Å². The molecule has 0 amide bonds. The molecule has 0 aromatic heterocycles. The Bertz CT molecular complexity index is 1060. The Kier molecular flexibility index (Phi) is 4.95. The zero-order valence-corrected chi connectivity index (χ0v) is 17.9. The maximum absolute atomic E-state index is 4.08. The van der Waals surface area contributed by atoms with Gasteiger partial charge in [0.2, 0.25) is 0 Å². The van der Waals surface area contributed by atoms with E-state index in [9.17, 15) is 0 Å². The van der Waals surface area contributed by atoms with Crippen LogP contribution < -0.4 is 0 Å². The predicted molar refractivity (Wildman–Crippen MR) is 129 cm³/mol. The van der Waals surface area contributed by atoms with Gasteiger partial charge in [-0.15, -0.1) is 6.58 Å². The molecule has 0 nitrogen and oxygen atoms in total. The topological polar surface area (TPSA) is 0 Å². The Labute approximate surface area is 181 Å². The first-order chi connectivity index (χ1) is 14.8. The number of fused-ring (bicyclic) bond motifs is 4. The molecule has 0 heterocycles. The van der Waals surface area contributed by atoms with Crippen LogP contribution in [0.15, 0.2) is 91.5 Å². The third kappa shape index (κ3) is 2.89. The highest BCUT2D eigenvalue weighted by Gasteiger charge is 2.41. The minimum absolute atomic E-state index is 0.103. The third-order valence-electron chi connectivity index (χ3n) is 7.50. The van der Waals surface area contributed by atoms with Gasteiger partial charge in [0.15, 0.2) is 0 Å². The van der Waals surface area contributed by atoms with E-state index < -0.39 is 0 Å². The van der Waals surface area contributed by atoms with Gasteiger partial charge in [0, 0.05) is 11.3 Å². The summed E-state index contributed by atoms with van der Waals surface area (Å²) < 4.78 is 0. The predicted octanol–water partition coefficient (Wildman–Crippen LogP) is 8.15. The average Bonchev–Trinajstić information content (AvgIpc) is 3.33. The summed E-state index contributed by atoms with van der Waals surface area (Å²) in [5, 5.41) is 0. The lowest BCUT2D eigenvalue weighted by Gasteiger charge is -2.38. The van der Waals surface area contributed by atoms with Crippen LogP contribution >= 0.6 is 0 Å². The van der Waals surface area contributed by atoms with Crippen molar-refractivity contribution in [1.29, 1.82) is 0 Å². The lowest BCUT2D eigenvalue weighted by Crippen LogP contribution is -2.32. The van der Waals surface area contributed by atoms with E-state index in [1.54, 1.807) is 0 Å². The number of rotatable bonds is 7. The molecule has 0 saturated carbocycles. The van der Waals surface area contributed by atoms with Crippen molar-refractivity contribution in [3.05, 3.63) is 114 Å². The Morgan fingerprint density at radius 2 is 1.53 bits per heavy atom. The van der Waals surface area contributed by atoms with Crippen LogP contribution in [0, 0.1) is 5.92 Å². The molecule has 2 unspecified atom stereocenters. The normalized spacial score (nSPS) is 19.9. The quantitative estimate of drug-likeness (QED) is 0.357. The molecule has 0 N–H and O–H groups in total. The Morgan fingerprint density at radius 3 is 2.20 bits per heavy atom. The summed E-state index contributed by atoms with van der Waals surface area (Å²) in [4.78, 5) is 0. The van der Waals surface area contributed by atoms with E-state index in [2.05, 4.69) is 105 Å². The maximum atomic E-state index is 4.08. The van der Waals surface area contributed by atoms with Crippen LogP contribution in [0.4, 0.5) is 0 Å². The first-order valence-electron chi connectivity index (χ1n) is 11.4. The zero-order valence-electron chi connectivity index (χ0n) is 17.9. The van der Waals surface area contributed by atoms with E-state index in [4.69, 9.17) is 0 Å². The summed E-state index contributed by atoms with van der Waals surface area (Å²) in [7, 11) is 0. The van der Waals surface area contributed by atoms with Gasteiger partial charge < -0.3 is 0 Å². The highest BCUT2D eigenvalue weighted by molar-refractivity contribution is 5.78. The molecule has 2 aliphatic rings. The van der Waals surface area contributed by atoms with Crippen LogP contribution in [-0.4, -0.2) is 0 Å². The first kappa shape index (κ1) is 19.1. The zero-order chi connectivity index (χ0) is 20.6. The van der Waals surface area contributed by atoms with Gasteiger partial charge in [-0.05, 0) is 58.6 Å². The van der Waals surface area contributed by atoms with E-state index in [-0.39, 0.29) is 5.41 Å². The molecule has 0 aliphatic heterocycles. The highest BCUT2D eigenvalue weighted by atomic mass is 14.4. The van der Waals surface area contributed by atoms with Crippen molar-refractivity contribution in [1.82, 2.24) is 0 Å². The second-order valence-electron chi connectivity index (χ2n) is 8.86. The molecule has 0 fully saturated rings. The highest BCUT2D eigenvalue weighted by Crippen LogP contribution is 2.52. The molecule has 5 rings (SSSR count). The fraction of sp³-hybridized carbons (Fsp3) is 0.267. The number of benzene rings is 3. The molecule has 0 radical (unpaired) electrons. The lowest BCUT2D eigenvalue weighted by atomic mass is 9.65. The second-order valence-corrected chi connectivity index (χ2v) is 8.86.